The van der Waals surface area contributed by atoms with Gasteiger partial charge in [0, 0.05) is 30.8 Å². The molecule has 7 heteroatoms. The molecule has 1 heterocycles. The molecule has 118 valence electrons. The van der Waals surface area contributed by atoms with Crippen LogP contribution in [0.15, 0.2) is 18.2 Å². The van der Waals surface area contributed by atoms with Gasteiger partial charge in [0.15, 0.2) is 0 Å². The summed E-state index contributed by atoms with van der Waals surface area (Å²) in [6.45, 7) is 3.31. The first-order valence-corrected chi connectivity index (χ1v) is 7.09. The Balaban J connectivity index is 2.36. The number of rotatable bonds is 3. The van der Waals surface area contributed by atoms with Crippen LogP contribution in [-0.4, -0.2) is 41.9 Å². The van der Waals surface area contributed by atoms with Gasteiger partial charge in [0.05, 0.1) is 17.6 Å². The minimum atomic E-state index is -0.704. The van der Waals surface area contributed by atoms with Gasteiger partial charge in [-0.1, -0.05) is 6.92 Å². The van der Waals surface area contributed by atoms with Crippen molar-refractivity contribution in [3.63, 3.8) is 0 Å². The van der Waals surface area contributed by atoms with E-state index in [1.54, 1.807) is 4.90 Å². The average Bonchev–Trinajstić information content (AvgIpc) is 2.52. The van der Waals surface area contributed by atoms with Crippen LogP contribution in [0.1, 0.15) is 40.5 Å². The van der Waals surface area contributed by atoms with Crippen LogP contribution in [0.2, 0.25) is 0 Å². The lowest BCUT2D eigenvalue weighted by Gasteiger charge is -2.31. The molecular formula is C15H18N2O5. The normalized spacial score (nSPS) is 17.9. The summed E-state index contributed by atoms with van der Waals surface area (Å²) in [6.07, 6.45) is 1.97. The second-order valence-corrected chi connectivity index (χ2v) is 5.52. The van der Waals surface area contributed by atoms with Crippen LogP contribution in [0.3, 0.4) is 0 Å². The number of nitrogens with zero attached hydrogens (tertiary/aromatic N) is 2. The molecule has 1 aromatic rings. The maximum absolute atomic E-state index is 12.5. The van der Waals surface area contributed by atoms with Gasteiger partial charge in [-0.2, -0.15) is 0 Å². The topological polar surface area (TPSA) is 89.8 Å². The number of amides is 1. The van der Waals surface area contributed by atoms with Gasteiger partial charge >= 0.3 is 5.97 Å². The van der Waals surface area contributed by atoms with E-state index >= 15 is 0 Å². The number of hydrogen-bond donors (Lipinski definition) is 0. The van der Waals surface area contributed by atoms with Gasteiger partial charge in [0.2, 0.25) is 0 Å². The van der Waals surface area contributed by atoms with E-state index < -0.39 is 10.9 Å². The van der Waals surface area contributed by atoms with Crippen molar-refractivity contribution in [1.82, 2.24) is 4.90 Å². The van der Waals surface area contributed by atoms with Crippen LogP contribution in [0.5, 0.6) is 0 Å². The Hall–Kier alpha value is -2.44. The van der Waals surface area contributed by atoms with Crippen LogP contribution in [0, 0.1) is 16.0 Å². The highest BCUT2D eigenvalue weighted by Crippen LogP contribution is 2.22. The molecule has 1 amide bonds. The molecular weight excluding hydrogens is 288 g/mol. The van der Waals surface area contributed by atoms with Gasteiger partial charge in [0.1, 0.15) is 0 Å². The standard InChI is InChI=1S/C15H18N2O5/c1-10-4-3-5-16(9-10)14(18)11-6-12(15(19)22-2)8-13(7-11)17(20)21/h6-8,10H,3-5,9H2,1-2H3/t10-/m0/s1. The number of likely N-dealkylation sites (tertiary alicyclic amines) is 1. The molecule has 1 aliphatic rings. The van der Waals surface area contributed by atoms with Crippen LogP contribution in [-0.2, 0) is 4.74 Å². The van der Waals surface area contributed by atoms with Crippen molar-refractivity contribution in [1.29, 1.82) is 0 Å². The molecule has 0 bridgehead atoms. The van der Waals surface area contributed by atoms with Crippen LogP contribution >= 0.6 is 0 Å². The third kappa shape index (κ3) is 3.41. The van der Waals surface area contributed by atoms with Crippen molar-refractivity contribution >= 4 is 17.6 Å². The molecule has 0 unspecified atom stereocenters. The summed E-state index contributed by atoms with van der Waals surface area (Å²) in [5.41, 5.74) is -0.148. The van der Waals surface area contributed by atoms with Gasteiger partial charge < -0.3 is 9.64 Å². The van der Waals surface area contributed by atoms with E-state index in [-0.39, 0.29) is 22.7 Å². The Kier molecular flexibility index (Phi) is 4.75. The van der Waals surface area contributed by atoms with E-state index in [9.17, 15) is 19.7 Å². The lowest BCUT2D eigenvalue weighted by molar-refractivity contribution is -0.384. The minimum absolute atomic E-state index is 0.00473. The monoisotopic (exact) mass is 306 g/mol. The zero-order chi connectivity index (χ0) is 16.3. The highest BCUT2D eigenvalue weighted by atomic mass is 16.6. The first kappa shape index (κ1) is 15.9. The molecule has 22 heavy (non-hydrogen) atoms. The Bertz CT molecular complexity index is 614. The van der Waals surface area contributed by atoms with Crippen LogP contribution < -0.4 is 0 Å². The molecule has 0 N–H and O–H groups in total. The minimum Gasteiger partial charge on any atom is -0.465 e. The van der Waals surface area contributed by atoms with Gasteiger partial charge in [-0.15, -0.1) is 0 Å². The summed E-state index contributed by atoms with van der Waals surface area (Å²) >= 11 is 0. The SMILES string of the molecule is COC(=O)c1cc(C(=O)N2CCC[C@H](C)C2)cc([N+](=O)[O-])c1. The summed E-state index contributed by atoms with van der Waals surface area (Å²) < 4.78 is 4.58. The summed E-state index contributed by atoms with van der Waals surface area (Å²) in [5, 5.41) is 11.0. The van der Waals surface area contributed by atoms with Gasteiger partial charge in [0.25, 0.3) is 11.6 Å². The van der Waals surface area contributed by atoms with Crippen molar-refractivity contribution in [2.45, 2.75) is 19.8 Å². The first-order chi connectivity index (χ1) is 10.4. The number of piperidine rings is 1. The van der Waals surface area contributed by atoms with Gasteiger partial charge in [-0.3, -0.25) is 14.9 Å². The second-order valence-electron chi connectivity index (χ2n) is 5.52. The fraction of sp³-hybridized carbons (Fsp3) is 0.467. The summed E-state index contributed by atoms with van der Waals surface area (Å²) in [5.74, 6) is -0.596. The third-order valence-corrected chi connectivity index (χ3v) is 3.74. The van der Waals surface area contributed by atoms with Crippen molar-refractivity contribution in [2.24, 2.45) is 5.92 Å². The molecule has 0 saturated carbocycles. The fourth-order valence-electron chi connectivity index (χ4n) is 2.63. The van der Waals surface area contributed by atoms with E-state index in [4.69, 9.17) is 0 Å². The number of carbonyl (C=O) groups excluding carboxylic acids is 2. The molecule has 0 aliphatic carbocycles. The van der Waals surface area contributed by atoms with Gasteiger partial charge in [-0.05, 0) is 24.8 Å². The molecule has 1 fully saturated rings. The predicted octanol–water partition coefficient (Wildman–Crippen LogP) is 2.25. The van der Waals surface area contributed by atoms with Crippen molar-refractivity contribution < 1.29 is 19.2 Å². The first-order valence-electron chi connectivity index (χ1n) is 7.09. The Labute approximate surface area is 128 Å². The fourth-order valence-corrected chi connectivity index (χ4v) is 2.63. The lowest BCUT2D eigenvalue weighted by atomic mass is 9.99. The van der Waals surface area contributed by atoms with E-state index in [2.05, 4.69) is 11.7 Å². The highest BCUT2D eigenvalue weighted by Gasteiger charge is 2.25. The molecule has 1 aromatic carbocycles. The van der Waals surface area contributed by atoms with E-state index in [1.807, 2.05) is 0 Å². The molecule has 1 saturated heterocycles. The number of nitro groups is 1. The summed E-state index contributed by atoms with van der Waals surface area (Å²) in [6, 6.07) is 3.66. The third-order valence-electron chi connectivity index (χ3n) is 3.74. The Morgan fingerprint density at radius 2 is 2.00 bits per heavy atom. The zero-order valence-corrected chi connectivity index (χ0v) is 12.6. The largest absolute Gasteiger partial charge is 0.465 e. The van der Waals surface area contributed by atoms with Gasteiger partial charge in [-0.25, -0.2) is 4.79 Å². The molecule has 1 aliphatic heterocycles. The maximum Gasteiger partial charge on any atom is 0.338 e. The van der Waals surface area contributed by atoms with Crippen molar-refractivity contribution in [3.05, 3.63) is 39.4 Å². The number of nitro benzene ring substituents is 1. The number of benzene rings is 1. The maximum atomic E-state index is 12.5. The van der Waals surface area contributed by atoms with E-state index in [0.717, 1.165) is 18.9 Å². The molecule has 0 aromatic heterocycles. The number of hydrogen-bond acceptors (Lipinski definition) is 5. The summed E-state index contributed by atoms with van der Waals surface area (Å²) in [7, 11) is 1.19. The van der Waals surface area contributed by atoms with Crippen molar-refractivity contribution in [2.75, 3.05) is 20.2 Å². The zero-order valence-electron chi connectivity index (χ0n) is 12.6. The van der Waals surface area contributed by atoms with Crippen LogP contribution in [0.4, 0.5) is 5.69 Å². The highest BCUT2D eigenvalue weighted by molar-refractivity contribution is 5.99. The number of ether oxygens (including phenoxy) is 1. The quantitative estimate of drug-likeness (QED) is 0.485. The van der Waals surface area contributed by atoms with Crippen LogP contribution in [0.25, 0.3) is 0 Å². The summed E-state index contributed by atoms with van der Waals surface area (Å²) in [4.78, 5) is 36.2. The number of esters is 1. The molecule has 2 rings (SSSR count). The molecule has 1 atom stereocenters. The molecule has 0 spiro atoms. The second kappa shape index (κ2) is 6.55. The lowest BCUT2D eigenvalue weighted by Crippen LogP contribution is -2.39. The average molecular weight is 306 g/mol. The number of methoxy groups -OCH3 is 1. The molecule has 0 radical (unpaired) electrons. The molecule has 7 nitrogen and oxygen atoms in total. The van der Waals surface area contributed by atoms with E-state index in [1.165, 1.54) is 19.2 Å². The Morgan fingerprint density at radius 3 is 2.59 bits per heavy atom. The predicted molar refractivity (Wildman–Crippen MR) is 78.7 cm³/mol. The smallest absolute Gasteiger partial charge is 0.338 e. The van der Waals surface area contributed by atoms with Crippen molar-refractivity contribution in [3.8, 4) is 0 Å². The number of carbonyl (C=O) groups is 2. The Morgan fingerprint density at radius 1 is 1.32 bits per heavy atom. The van der Waals surface area contributed by atoms with E-state index in [0.29, 0.717) is 19.0 Å². The number of non-ortho nitro benzene ring substituents is 1.